The number of ether oxygens (including phenoxy) is 1. The zero-order valence-electron chi connectivity index (χ0n) is 11.7. The number of rotatable bonds is 5. The average molecular weight is 297 g/mol. The van der Waals surface area contributed by atoms with Crippen LogP contribution in [-0.2, 0) is 22.5 Å². The van der Waals surface area contributed by atoms with Gasteiger partial charge in [0.1, 0.15) is 10.9 Å². The molecule has 2 heterocycles. The molecule has 0 aromatic carbocycles. The van der Waals surface area contributed by atoms with Crippen molar-refractivity contribution in [3.63, 3.8) is 0 Å². The van der Waals surface area contributed by atoms with Gasteiger partial charge in [0.05, 0.1) is 6.61 Å². The predicted octanol–water partition coefficient (Wildman–Crippen LogP) is 2.15. The Kier molecular flexibility index (Phi) is 4.77. The van der Waals surface area contributed by atoms with Crippen LogP contribution in [0.3, 0.4) is 0 Å². The van der Waals surface area contributed by atoms with Gasteiger partial charge in [0.25, 0.3) is 0 Å². The van der Waals surface area contributed by atoms with Crippen molar-refractivity contribution in [2.75, 3.05) is 13.2 Å². The Morgan fingerprint density at radius 2 is 2.30 bits per heavy atom. The Morgan fingerprint density at radius 3 is 2.95 bits per heavy atom. The van der Waals surface area contributed by atoms with E-state index < -0.39 is 5.97 Å². The van der Waals surface area contributed by atoms with E-state index in [4.69, 9.17) is 9.84 Å². The number of thiophene rings is 1. The van der Waals surface area contributed by atoms with Gasteiger partial charge in [0.2, 0.25) is 0 Å². The molecule has 0 spiro atoms. The highest BCUT2D eigenvalue weighted by Crippen LogP contribution is 2.29. The van der Waals surface area contributed by atoms with Crippen molar-refractivity contribution in [3.05, 3.63) is 21.4 Å². The molecule has 0 bridgehead atoms. The zero-order valence-corrected chi connectivity index (χ0v) is 12.5. The average Bonchev–Trinajstić information content (AvgIpc) is 2.87. The maximum Gasteiger partial charge on any atom is 0.345 e. The Hall–Kier alpha value is -1.40. The van der Waals surface area contributed by atoms with Gasteiger partial charge in [0.15, 0.2) is 0 Å². The molecule has 110 valence electrons. The molecule has 2 rings (SSSR count). The minimum Gasteiger partial charge on any atom is -0.477 e. The number of aromatic carboxylic acids is 1. The number of hydrogen-bond acceptors (Lipinski definition) is 5. The predicted molar refractivity (Wildman–Crippen MR) is 76.1 cm³/mol. The molecule has 6 heteroatoms. The molecule has 1 aliphatic rings. The van der Waals surface area contributed by atoms with E-state index in [0.29, 0.717) is 18.0 Å². The summed E-state index contributed by atoms with van der Waals surface area (Å²) < 4.78 is 5.17. The normalized spacial score (nSPS) is 16.5. The number of esters is 1. The molecule has 1 unspecified atom stereocenters. The summed E-state index contributed by atoms with van der Waals surface area (Å²) in [6.45, 7) is 5.62. The maximum atomic E-state index is 11.9. The van der Waals surface area contributed by atoms with Crippen LogP contribution in [0, 0.1) is 0 Å². The number of carbonyl (C=O) groups excluding carboxylic acids is 1. The van der Waals surface area contributed by atoms with Gasteiger partial charge in [-0.25, -0.2) is 4.79 Å². The first-order valence-electron chi connectivity index (χ1n) is 6.78. The first kappa shape index (κ1) is 15.0. The van der Waals surface area contributed by atoms with E-state index in [1.807, 2.05) is 18.7 Å². The van der Waals surface area contributed by atoms with E-state index in [0.717, 1.165) is 29.8 Å². The molecule has 1 aliphatic heterocycles. The summed E-state index contributed by atoms with van der Waals surface area (Å²) in [6.07, 6.45) is 1.60. The maximum absolute atomic E-state index is 11.9. The van der Waals surface area contributed by atoms with Crippen LogP contribution >= 0.6 is 11.3 Å². The van der Waals surface area contributed by atoms with Crippen LogP contribution in [0.15, 0.2) is 6.07 Å². The summed E-state index contributed by atoms with van der Waals surface area (Å²) in [6, 6.07) is 1.43. The largest absolute Gasteiger partial charge is 0.477 e. The lowest BCUT2D eigenvalue weighted by molar-refractivity contribution is -0.149. The minimum absolute atomic E-state index is 0.205. The monoisotopic (exact) mass is 297 g/mol. The summed E-state index contributed by atoms with van der Waals surface area (Å²) >= 11 is 1.34. The summed E-state index contributed by atoms with van der Waals surface area (Å²) in [4.78, 5) is 26.4. The van der Waals surface area contributed by atoms with Crippen LogP contribution in [-0.4, -0.2) is 41.1 Å². The number of fused-ring (bicyclic) bond motifs is 1. The van der Waals surface area contributed by atoms with Crippen molar-refractivity contribution in [2.24, 2.45) is 0 Å². The Labute approximate surface area is 122 Å². The van der Waals surface area contributed by atoms with E-state index in [9.17, 15) is 9.59 Å². The molecule has 0 fully saturated rings. The molecular formula is C14H19NO4S. The van der Waals surface area contributed by atoms with E-state index in [2.05, 4.69) is 0 Å². The molecule has 1 atom stereocenters. The minimum atomic E-state index is -0.883. The van der Waals surface area contributed by atoms with Crippen LogP contribution < -0.4 is 0 Å². The fraction of sp³-hybridized carbons (Fsp3) is 0.571. The molecular weight excluding hydrogens is 278 g/mol. The van der Waals surface area contributed by atoms with E-state index in [1.54, 1.807) is 6.07 Å². The number of carboxylic acids is 1. The van der Waals surface area contributed by atoms with Crippen molar-refractivity contribution < 1.29 is 19.4 Å². The number of carbonyl (C=O) groups is 2. The van der Waals surface area contributed by atoms with Gasteiger partial charge >= 0.3 is 11.9 Å². The molecule has 1 aromatic heterocycles. The summed E-state index contributed by atoms with van der Waals surface area (Å²) in [5, 5.41) is 9.02. The van der Waals surface area contributed by atoms with Crippen LogP contribution in [0.1, 0.15) is 40.4 Å². The molecule has 1 aromatic rings. The van der Waals surface area contributed by atoms with Crippen molar-refractivity contribution in [3.8, 4) is 0 Å². The molecule has 0 saturated heterocycles. The first-order valence-corrected chi connectivity index (χ1v) is 7.60. The van der Waals surface area contributed by atoms with Crippen molar-refractivity contribution in [1.82, 2.24) is 4.90 Å². The zero-order chi connectivity index (χ0) is 14.7. The van der Waals surface area contributed by atoms with Crippen molar-refractivity contribution in [1.29, 1.82) is 0 Å². The molecule has 0 amide bonds. The molecule has 1 N–H and O–H groups in total. The van der Waals surface area contributed by atoms with Gasteiger partial charge in [-0.1, -0.05) is 6.92 Å². The second kappa shape index (κ2) is 6.37. The Balaban J connectivity index is 2.03. The van der Waals surface area contributed by atoms with Gasteiger partial charge in [-0.05, 0) is 31.4 Å². The van der Waals surface area contributed by atoms with Crippen LogP contribution in [0.5, 0.6) is 0 Å². The third-order valence-corrected chi connectivity index (χ3v) is 4.67. The van der Waals surface area contributed by atoms with Crippen LogP contribution in [0.25, 0.3) is 0 Å². The van der Waals surface area contributed by atoms with Crippen LogP contribution in [0.2, 0.25) is 0 Å². The van der Waals surface area contributed by atoms with Crippen molar-refractivity contribution >= 4 is 23.3 Å². The van der Waals surface area contributed by atoms with Gasteiger partial charge in [-0.2, -0.15) is 0 Å². The number of carboxylic acid groups (broad SMARTS) is 1. The lowest BCUT2D eigenvalue weighted by atomic mass is 10.1. The lowest BCUT2D eigenvalue weighted by Gasteiger charge is -2.30. The quantitative estimate of drug-likeness (QED) is 0.843. The van der Waals surface area contributed by atoms with Crippen molar-refractivity contribution in [2.45, 2.75) is 39.3 Å². The topological polar surface area (TPSA) is 66.8 Å². The second-order valence-electron chi connectivity index (χ2n) is 4.93. The number of nitrogens with zero attached hydrogens (tertiary/aromatic N) is 1. The molecule has 0 radical (unpaired) electrons. The Bertz CT molecular complexity index is 511. The molecule has 20 heavy (non-hydrogen) atoms. The fourth-order valence-electron chi connectivity index (χ4n) is 2.26. The molecule has 0 aliphatic carbocycles. The summed E-state index contributed by atoms with van der Waals surface area (Å²) in [7, 11) is 0. The number of hydrogen-bond donors (Lipinski definition) is 1. The first-order chi connectivity index (χ1) is 9.52. The molecule has 5 nitrogen and oxygen atoms in total. The third kappa shape index (κ3) is 3.19. The van der Waals surface area contributed by atoms with E-state index in [1.165, 1.54) is 11.3 Å². The van der Waals surface area contributed by atoms with E-state index in [-0.39, 0.29) is 12.0 Å². The summed E-state index contributed by atoms with van der Waals surface area (Å²) in [5.41, 5.74) is 1.02. The standard InChI is InChI=1S/C14H19NO4S/c1-3-6-19-14(18)9(2)15-5-4-11-10(8-15)7-12(20-11)13(16)17/h7,9H,3-6,8H2,1-2H3,(H,16,17). The third-order valence-electron chi connectivity index (χ3n) is 3.44. The lowest BCUT2D eigenvalue weighted by Crippen LogP contribution is -2.42. The second-order valence-corrected chi connectivity index (χ2v) is 6.06. The highest BCUT2D eigenvalue weighted by atomic mass is 32.1. The van der Waals surface area contributed by atoms with Gasteiger partial charge < -0.3 is 9.84 Å². The highest BCUT2D eigenvalue weighted by Gasteiger charge is 2.28. The SMILES string of the molecule is CCCOC(=O)C(C)N1CCc2sc(C(=O)O)cc2C1. The van der Waals surface area contributed by atoms with E-state index >= 15 is 0 Å². The molecule has 0 saturated carbocycles. The van der Waals surface area contributed by atoms with Gasteiger partial charge in [-0.3, -0.25) is 9.69 Å². The van der Waals surface area contributed by atoms with Gasteiger partial charge in [-0.15, -0.1) is 11.3 Å². The highest BCUT2D eigenvalue weighted by molar-refractivity contribution is 7.14. The van der Waals surface area contributed by atoms with Crippen LogP contribution in [0.4, 0.5) is 0 Å². The fourth-order valence-corrected chi connectivity index (χ4v) is 3.27. The van der Waals surface area contributed by atoms with Gasteiger partial charge in [0, 0.05) is 18.0 Å². The smallest absolute Gasteiger partial charge is 0.345 e. The Morgan fingerprint density at radius 1 is 1.55 bits per heavy atom. The summed E-state index contributed by atoms with van der Waals surface area (Å²) in [5.74, 6) is -1.09.